The van der Waals surface area contributed by atoms with E-state index >= 15 is 0 Å². The number of carbonyl (C=O) groups is 2. The molecule has 0 bridgehead atoms. The lowest BCUT2D eigenvalue weighted by Crippen LogP contribution is -2.36. The average molecular weight is 344 g/mol. The number of fused-ring (bicyclic) bond motifs is 1. The topological polar surface area (TPSA) is 67.9 Å². The summed E-state index contributed by atoms with van der Waals surface area (Å²) in [6.45, 7) is 2.03. The van der Waals surface area contributed by atoms with Gasteiger partial charge in [-0.25, -0.2) is 4.39 Å². The van der Waals surface area contributed by atoms with Crippen molar-refractivity contribution in [3.05, 3.63) is 48.3 Å². The Morgan fingerprint density at radius 1 is 1.12 bits per heavy atom. The number of benzene rings is 2. The van der Waals surface area contributed by atoms with Crippen molar-refractivity contribution in [1.82, 2.24) is 0 Å². The van der Waals surface area contributed by atoms with Crippen LogP contribution in [-0.4, -0.2) is 31.6 Å². The first-order chi connectivity index (χ1) is 12.0. The van der Waals surface area contributed by atoms with Crippen molar-refractivity contribution in [3.8, 4) is 11.5 Å². The van der Waals surface area contributed by atoms with Crippen molar-refractivity contribution >= 4 is 23.2 Å². The van der Waals surface area contributed by atoms with Gasteiger partial charge in [-0.1, -0.05) is 6.07 Å². The molecule has 0 aliphatic carbocycles. The van der Waals surface area contributed by atoms with Crippen molar-refractivity contribution in [3.63, 3.8) is 0 Å². The zero-order chi connectivity index (χ0) is 17.8. The monoisotopic (exact) mass is 344 g/mol. The van der Waals surface area contributed by atoms with E-state index in [-0.39, 0.29) is 12.5 Å². The van der Waals surface area contributed by atoms with Gasteiger partial charge in [-0.3, -0.25) is 9.59 Å². The molecule has 2 aromatic carbocycles. The number of carbonyl (C=O) groups excluding carboxylic acids is 2. The Balaban J connectivity index is 1.71. The van der Waals surface area contributed by atoms with Crippen LogP contribution in [0.5, 0.6) is 11.5 Å². The first-order valence-corrected chi connectivity index (χ1v) is 7.76. The summed E-state index contributed by atoms with van der Waals surface area (Å²) in [6, 6.07) is 10.6. The minimum atomic E-state index is -0.476. The highest BCUT2D eigenvalue weighted by Crippen LogP contribution is 2.32. The van der Waals surface area contributed by atoms with Gasteiger partial charge in [0, 0.05) is 24.4 Å². The van der Waals surface area contributed by atoms with Crippen LogP contribution in [0.1, 0.15) is 6.92 Å². The number of hydrogen-bond acceptors (Lipinski definition) is 4. The maximum Gasteiger partial charge on any atom is 0.244 e. The molecule has 7 heteroatoms. The Morgan fingerprint density at radius 2 is 1.88 bits per heavy atom. The van der Waals surface area contributed by atoms with Crippen LogP contribution in [0, 0.1) is 5.82 Å². The largest absolute Gasteiger partial charge is 0.486 e. The number of anilines is 2. The predicted octanol–water partition coefficient (Wildman–Crippen LogP) is 2.59. The second kappa shape index (κ2) is 7.21. The maximum atomic E-state index is 13.4. The summed E-state index contributed by atoms with van der Waals surface area (Å²) in [5, 5.41) is 2.70. The molecule has 0 unspecified atom stereocenters. The summed E-state index contributed by atoms with van der Waals surface area (Å²) < 4.78 is 24.3. The van der Waals surface area contributed by atoms with Crippen LogP contribution in [-0.2, 0) is 9.59 Å². The molecule has 1 aliphatic heterocycles. The highest BCUT2D eigenvalue weighted by Gasteiger charge is 2.18. The third-order valence-corrected chi connectivity index (χ3v) is 3.63. The number of ether oxygens (including phenoxy) is 2. The second-order valence-electron chi connectivity index (χ2n) is 5.49. The van der Waals surface area contributed by atoms with Crippen LogP contribution in [0.2, 0.25) is 0 Å². The number of nitrogens with zero attached hydrogens (tertiary/aromatic N) is 1. The molecule has 2 amide bonds. The fraction of sp³-hybridized carbons (Fsp3) is 0.222. The van der Waals surface area contributed by atoms with Crippen LogP contribution in [0.15, 0.2) is 42.5 Å². The molecule has 1 heterocycles. The van der Waals surface area contributed by atoms with Gasteiger partial charge in [-0.05, 0) is 30.3 Å². The van der Waals surface area contributed by atoms with Crippen LogP contribution in [0.25, 0.3) is 0 Å². The Morgan fingerprint density at radius 3 is 2.60 bits per heavy atom. The maximum absolute atomic E-state index is 13.4. The Bertz CT molecular complexity index is 809. The molecule has 0 aromatic heterocycles. The zero-order valence-electron chi connectivity index (χ0n) is 13.6. The number of nitrogens with one attached hydrogen (secondary N) is 1. The first-order valence-electron chi connectivity index (χ1n) is 7.76. The Labute approximate surface area is 144 Å². The van der Waals surface area contributed by atoms with Crippen LogP contribution in [0.4, 0.5) is 15.8 Å². The molecule has 0 saturated carbocycles. The van der Waals surface area contributed by atoms with E-state index in [4.69, 9.17) is 9.47 Å². The number of amides is 2. The van der Waals surface area contributed by atoms with Crippen molar-refractivity contribution < 1.29 is 23.5 Å². The fourth-order valence-electron chi connectivity index (χ4n) is 2.49. The molecule has 3 rings (SSSR count). The molecule has 0 radical (unpaired) electrons. The Kier molecular flexibility index (Phi) is 4.83. The minimum Gasteiger partial charge on any atom is -0.486 e. The normalized spacial score (nSPS) is 12.4. The molecular formula is C18H17FN2O4. The number of rotatable bonds is 4. The lowest BCUT2D eigenvalue weighted by Gasteiger charge is -2.21. The van der Waals surface area contributed by atoms with E-state index in [1.54, 1.807) is 24.3 Å². The molecule has 2 aromatic rings. The van der Waals surface area contributed by atoms with Crippen LogP contribution < -0.4 is 19.7 Å². The molecule has 130 valence electrons. The molecule has 25 heavy (non-hydrogen) atoms. The van der Waals surface area contributed by atoms with Crippen molar-refractivity contribution in [2.45, 2.75) is 6.92 Å². The van der Waals surface area contributed by atoms with E-state index < -0.39 is 11.7 Å². The molecule has 0 spiro atoms. The van der Waals surface area contributed by atoms with Crippen molar-refractivity contribution in [2.75, 3.05) is 30.0 Å². The third kappa shape index (κ3) is 4.06. The number of hydrogen-bond donors (Lipinski definition) is 1. The highest BCUT2D eigenvalue weighted by molar-refractivity contribution is 6.01. The zero-order valence-corrected chi connectivity index (χ0v) is 13.6. The van der Waals surface area contributed by atoms with E-state index in [9.17, 15) is 14.0 Å². The van der Waals surface area contributed by atoms with E-state index in [0.717, 1.165) is 0 Å². The Hall–Kier alpha value is -3.09. The van der Waals surface area contributed by atoms with Crippen molar-refractivity contribution in [1.29, 1.82) is 0 Å². The summed E-state index contributed by atoms with van der Waals surface area (Å²) in [5.41, 5.74) is 0.849. The quantitative estimate of drug-likeness (QED) is 0.926. The SMILES string of the molecule is CC(=O)N(CC(=O)Nc1ccc2c(c1)OCCO2)c1cccc(F)c1. The molecular weight excluding hydrogens is 327 g/mol. The summed E-state index contributed by atoms with van der Waals surface area (Å²) in [5.74, 6) is -0.0676. The van der Waals surface area contributed by atoms with Gasteiger partial charge in [0.2, 0.25) is 11.8 Å². The predicted molar refractivity (Wildman–Crippen MR) is 90.5 cm³/mol. The van der Waals surface area contributed by atoms with E-state index in [2.05, 4.69) is 5.32 Å². The molecule has 0 saturated heterocycles. The summed E-state index contributed by atoms with van der Waals surface area (Å²) >= 11 is 0. The molecule has 1 aliphatic rings. The van der Waals surface area contributed by atoms with Gasteiger partial charge in [0.25, 0.3) is 0 Å². The summed E-state index contributed by atoms with van der Waals surface area (Å²) in [6.07, 6.45) is 0. The third-order valence-electron chi connectivity index (χ3n) is 3.63. The van der Waals surface area contributed by atoms with Crippen LogP contribution >= 0.6 is 0 Å². The van der Waals surface area contributed by atoms with Gasteiger partial charge >= 0.3 is 0 Å². The van der Waals surface area contributed by atoms with E-state index in [1.165, 1.54) is 30.0 Å². The molecule has 1 N–H and O–H groups in total. The summed E-state index contributed by atoms with van der Waals surface area (Å²) in [4.78, 5) is 25.3. The molecule has 6 nitrogen and oxygen atoms in total. The summed E-state index contributed by atoms with van der Waals surface area (Å²) in [7, 11) is 0. The first kappa shape index (κ1) is 16.8. The number of halogens is 1. The fourth-order valence-corrected chi connectivity index (χ4v) is 2.49. The van der Waals surface area contributed by atoms with Gasteiger partial charge in [0.15, 0.2) is 11.5 Å². The molecule has 0 fully saturated rings. The van der Waals surface area contributed by atoms with E-state index in [1.807, 2.05) is 0 Å². The van der Waals surface area contributed by atoms with Crippen molar-refractivity contribution in [2.24, 2.45) is 0 Å². The van der Waals surface area contributed by atoms with Crippen LogP contribution in [0.3, 0.4) is 0 Å². The smallest absolute Gasteiger partial charge is 0.244 e. The lowest BCUT2D eigenvalue weighted by atomic mass is 10.2. The van der Waals surface area contributed by atoms with Gasteiger partial charge in [-0.2, -0.15) is 0 Å². The average Bonchev–Trinajstić information content (AvgIpc) is 2.59. The van der Waals surface area contributed by atoms with Gasteiger partial charge in [-0.15, -0.1) is 0 Å². The van der Waals surface area contributed by atoms with Gasteiger partial charge in [0.05, 0.1) is 0 Å². The van der Waals surface area contributed by atoms with E-state index in [0.29, 0.717) is 36.1 Å². The second-order valence-corrected chi connectivity index (χ2v) is 5.49. The highest BCUT2D eigenvalue weighted by atomic mass is 19.1. The minimum absolute atomic E-state index is 0.229. The standard InChI is InChI=1S/C18H17FN2O4/c1-12(22)21(15-4-2-3-13(19)9-15)11-18(23)20-14-5-6-16-17(10-14)25-8-7-24-16/h2-6,9-10H,7-8,11H2,1H3,(H,20,23). The molecule has 0 atom stereocenters. The van der Waals surface area contributed by atoms with Gasteiger partial charge in [0.1, 0.15) is 25.6 Å². The van der Waals surface area contributed by atoms with Gasteiger partial charge < -0.3 is 19.7 Å². The lowest BCUT2D eigenvalue weighted by molar-refractivity contribution is -0.120.